The SMILES string of the molecule is C=C(C)C(=O)OCCCCCCCCCCCCOC(=O)OCC1c2ccccc2-c2cc(/C(=N/C)C(F)(F)C(F)(F)C(F)(F)F)ccc21. The van der Waals surface area contributed by atoms with Crippen LogP contribution in [0, 0.1) is 0 Å². The molecule has 0 saturated carbocycles. The number of unbranched alkanes of at least 4 members (excludes halogenated alkanes) is 9. The van der Waals surface area contributed by atoms with Crippen molar-refractivity contribution >= 4 is 17.8 Å². The lowest BCUT2D eigenvalue weighted by molar-refractivity contribution is -0.336. The van der Waals surface area contributed by atoms with Crippen LogP contribution in [0.15, 0.2) is 59.6 Å². The van der Waals surface area contributed by atoms with Crippen LogP contribution in [0.25, 0.3) is 11.1 Å². The quantitative estimate of drug-likeness (QED) is 0.0479. The molecule has 0 saturated heterocycles. The fraction of sp³-hybridized carbons (Fsp3) is 0.528. The lowest BCUT2D eigenvalue weighted by atomic mass is 9.93. The molecule has 0 aliphatic heterocycles. The summed E-state index contributed by atoms with van der Waals surface area (Å²) >= 11 is 0. The first kappa shape index (κ1) is 39.5. The second-order valence-electron chi connectivity index (χ2n) is 12.0. The third-order valence-electron chi connectivity index (χ3n) is 8.31. The van der Waals surface area contributed by atoms with Crippen molar-refractivity contribution in [3.63, 3.8) is 0 Å². The maximum absolute atomic E-state index is 14.6. The highest BCUT2D eigenvalue weighted by Crippen LogP contribution is 2.50. The van der Waals surface area contributed by atoms with Gasteiger partial charge in [0.05, 0.1) is 13.2 Å². The smallest absolute Gasteiger partial charge is 0.462 e. The molecule has 13 heteroatoms. The number of esters is 1. The van der Waals surface area contributed by atoms with Gasteiger partial charge in [0.15, 0.2) is 0 Å². The molecule has 0 spiro atoms. The Morgan fingerprint density at radius 3 is 1.82 bits per heavy atom. The average molecular weight is 702 g/mol. The molecule has 0 fully saturated rings. The largest absolute Gasteiger partial charge is 0.508 e. The number of carbonyl (C=O) groups is 2. The van der Waals surface area contributed by atoms with Gasteiger partial charge in [-0.25, -0.2) is 9.59 Å². The fourth-order valence-corrected chi connectivity index (χ4v) is 5.67. The van der Waals surface area contributed by atoms with Crippen molar-refractivity contribution in [1.82, 2.24) is 0 Å². The molecule has 0 bridgehead atoms. The predicted octanol–water partition coefficient (Wildman–Crippen LogP) is 10.2. The van der Waals surface area contributed by atoms with Gasteiger partial charge in [0.25, 0.3) is 0 Å². The fourth-order valence-electron chi connectivity index (χ4n) is 5.67. The zero-order valence-corrected chi connectivity index (χ0v) is 27.7. The first-order valence-electron chi connectivity index (χ1n) is 16.3. The highest BCUT2D eigenvalue weighted by molar-refractivity contribution is 6.07. The monoisotopic (exact) mass is 701 g/mol. The molecule has 0 aromatic heterocycles. The number of nitrogens with zero attached hydrogens (tertiary/aromatic N) is 1. The Bertz CT molecular complexity index is 1470. The predicted molar refractivity (Wildman–Crippen MR) is 171 cm³/mol. The molecule has 0 heterocycles. The summed E-state index contributed by atoms with van der Waals surface area (Å²) in [4.78, 5) is 26.8. The molecule has 1 atom stereocenters. The summed E-state index contributed by atoms with van der Waals surface area (Å²) in [6.07, 6.45) is 2.49. The van der Waals surface area contributed by atoms with Crippen LogP contribution >= 0.6 is 0 Å². The third kappa shape index (κ3) is 10.1. The minimum absolute atomic E-state index is 0.168. The molecule has 1 aliphatic carbocycles. The van der Waals surface area contributed by atoms with Gasteiger partial charge in [0.1, 0.15) is 12.3 Å². The van der Waals surface area contributed by atoms with Gasteiger partial charge in [-0.1, -0.05) is 94.3 Å². The highest BCUT2D eigenvalue weighted by Gasteiger charge is 2.75. The van der Waals surface area contributed by atoms with Crippen LogP contribution in [0.2, 0.25) is 0 Å². The summed E-state index contributed by atoms with van der Waals surface area (Å²) in [5.41, 5.74) is 0.135. The van der Waals surface area contributed by atoms with Crippen LogP contribution < -0.4 is 0 Å². The molecule has 1 aliphatic rings. The van der Waals surface area contributed by atoms with Gasteiger partial charge in [0.2, 0.25) is 0 Å². The Kier molecular flexibility index (Phi) is 14.3. The third-order valence-corrected chi connectivity index (χ3v) is 8.31. The molecule has 0 N–H and O–H groups in total. The van der Waals surface area contributed by atoms with Crippen molar-refractivity contribution in [3.8, 4) is 11.1 Å². The van der Waals surface area contributed by atoms with Gasteiger partial charge < -0.3 is 14.2 Å². The van der Waals surface area contributed by atoms with E-state index in [4.69, 9.17) is 14.2 Å². The standard InChI is InChI=1S/C36H42F7NO5/c1-24(2)32(45)47-20-14-10-8-6-4-5-7-9-11-15-21-48-33(46)49-23-30-27-17-13-12-16-26(27)29-22-25(18-19-28(29)30)31(44-3)34(37,38)35(39,40)36(41,42)43/h12-13,16-19,22,30H,1,4-11,14-15,20-21,23H2,2-3H3/b44-31-. The summed E-state index contributed by atoms with van der Waals surface area (Å²) in [7, 11) is 0.722. The van der Waals surface area contributed by atoms with Crippen molar-refractivity contribution in [2.45, 2.75) is 95.1 Å². The molecule has 1 unspecified atom stereocenters. The van der Waals surface area contributed by atoms with Crippen molar-refractivity contribution in [1.29, 1.82) is 0 Å². The number of hydrogen-bond donors (Lipinski definition) is 0. The minimum atomic E-state index is -6.50. The van der Waals surface area contributed by atoms with Crippen molar-refractivity contribution < 1.29 is 54.5 Å². The Labute approximate surface area is 281 Å². The number of benzene rings is 2. The maximum Gasteiger partial charge on any atom is 0.508 e. The van der Waals surface area contributed by atoms with Gasteiger partial charge in [-0.2, -0.15) is 30.7 Å². The lowest BCUT2D eigenvalue weighted by Crippen LogP contribution is -2.56. The van der Waals surface area contributed by atoms with E-state index >= 15 is 0 Å². The summed E-state index contributed by atoms with van der Waals surface area (Å²) in [5.74, 6) is -12.9. The number of halogens is 7. The normalized spacial score (nSPS) is 14.6. The summed E-state index contributed by atoms with van der Waals surface area (Å²) in [6, 6.07) is 10.2. The maximum atomic E-state index is 14.6. The van der Waals surface area contributed by atoms with E-state index in [1.54, 1.807) is 31.2 Å². The summed E-state index contributed by atoms with van der Waals surface area (Å²) < 4.78 is 111. The Balaban J connectivity index is 1.43. The van der Waals surface area contributed by atoms with Gasteiger partial charge in [-0.3, -0.25) is 4.99 Å². The van der Waals surface area contributed by atoms with Gasteiger partial charge in [0, 0.05) is 24.1 Å². The van der Waals surface area contributed by atoms with E-state index in [1.807, 2.05) is 0 Å². The van der Waals surface area contributed by atoms with Gasteiger partial charge in [-0.05, 0) is 48.1 Å². The van der Waals surface area contributed by atoms with E-state index in [1.165, 1.54) is 6.07 Å². The lowest BCUT2D eigenvalue weighted by Gasteiger charge is -2.29. The molecular weight excluding hydrogens is 659 g/mol. The van der Waals surface area contributed by atoms with Crippen molar-refractivity contribution in [3.05, 3.63) is 71.3 Å². The highest BCUT2D eigenvalue weighted by atomic mass is 19.4. The van der Waals surface area contributed by atoms with Gasteiger partial charge in [-0.15, -0.1) is 0 Å². The molecule has 2 aromatic carbocycles. The minimum Gasteiger partial charge on any atom is -0.462 e. The number of hydrogen-bond acceptors (Lipinski definition) is 6. The number of rotatable bonds is 19. The molecule has 0 radical (unpaired) electrons. The molecule has 49 heavy (non-hydrogen) atoms. The van der Waals surface area contributed by atoms with Crippen LogP contribution in [0.3, 0.4) is 0 Å². The Morgan fingerprint density at radius 1 is 0.735 bits per heavy atom. The van der Waals surface area contributed by atoms with Crippen LogP contribution in [0.4, 0.5) is 35.5 Å². The van der Waals surface area contributed by atoms with E-state index in [-0.39, 0.29) is 19.2 Å². The summed E-state index contributed by atoms with van der Waals surface area (Å²) in [6.45, 7) is 5.58. The summed E-state index contributed by atoms with van der Waals surface area (Å²) in [5, 5.41) is 0. The van der Waals surface area contributed by atoms with E-state index in [2.05, 4.69) is 11.6 Å². The number of aliphatic imine (C=N–C) groups is 1. The first-order chi connectivity index (χ1) is 23.1. The number of carbonyl (C=O) groups excluding carboxylic acids is 2. The second kappa shape index (κ2) is 17.7. The van der Waals surface area contributed by atoms with Crippen LogP contribution in [-0.2, 0) is 19.0 Å². The molecule has 2 aromatic rings. The van der Waals surface area contributed by atoms with E-state index in [0.29, 0.717) is 40.9 Å². The molecule has 0 amide bonds. The Morgan fingerprint density at radius 2 is 1.27 bits per heavy atom. The molecule has 270 valence electrons. The zero-order chi connectivity index (χ0) is 36.2. The molecule has 6 nitrogen and oxygen atoms in total. The second-order valence-corrected chi connectivity index (χ2v) is 12.0. The van der Waals surface area contributed by atoms with E-state index < -0.39 is 41.4 Å². The van der Waals surface area contributed by atoms with E-state index in [0.717, 1.165) is 77.0 Å². The number of fused-ring (bicyclic) bond motifs is 3. The van der Waals surface area contributed by atoms with Crippen LogP contribution in [0.5, 0.6) is 0 Å². The van der Waals surface area contributed by atoms with Crippen LogP contribution in [-0.4, -0.2) is 62.7 Å². The van der Waals surface area contributed by atoms with Crippen LogP contribution in [0.1, 0.15) is 93.7 Å². The van der Waals surface area contributed by atoms with Crippen molar-refractivity contribution in [2.75, 3.05) is 26.9 Å². The number of ether oxygens (including phenoxy) is 3. The van der Waals surface area contributed by atoms with Crippen molar-refractivity contribution in [2.24, 2.45) is 4.99 Å². The molecular formula is C36H42F7NO5. The first-order valence-corrected chi connectivity index (χ1v) is 16.3. The molecule has 3 rings (SSSR count). The van der Waals surface area contributed by atoms with Gasteiger partial charge >= 0.3 is 30.1 Å². The van der Waals surface area contributed by atoms with E-state index in [9.17, 15) is 40.3 Å². The topological polar surface area (TPSA) is 74.2 Å². The number of alkyl halides is 7. The Hall–Kier alpha value is -3.90. The average Bonchev–Trinajstić information content (AvgIpc) is 3.36. The zero-order valence-electron chi connectivity index (χ0n) is 27.7.